The Labute approximate surface area is 162 Å². The Balaban J connectivity index is 2.23. The molecule has 1 N–H and O–H groups in total. The minimum atomic E-state index is -4.85. The Bertz CT molecular complexity index is 686. The van der Waals surface area contributed by atoms with Gasteiger partial charge in [-0.05, 0) is 19.1 Å². The second kappa shape index (κ2) is 8.14. The summed E-state index contributed by atoms with van der Waals surface area (Å²) in [4.78, 5) is 25.8. The number of hydrogen-bond acceptors (Lipinski definition) is 4. The highest BCUT2D eigenvalue weighted by Crippen LogP contribution is 2.33. The second-order valence-corrected chi connectivity index (χ2v) is 7.38. The van der Waals surface area contributed by atoms with Gasteiger partial charge in [0.2, 0.25) is 11.8 Å². The summed E-state index contributed by atoms with van der Waals surface area (Å²) in [5.41, 5.74) is -1.66. The molecule has 11 heteroatoms. The van der Waals surface area contributed by atoms with Crippen molar-refractivity contribution in [3.63, 3.8) is 0 Å². The van der Waals surface area contributed by atoms with E-state index in [4.69, 9.17) is 23.2 Å². The summed E-state index contributed by atoms with van der Waals surface area (Å²) in [5, 5.41) is 2.67. The molecular formula is C15H15Cl2F3N2O3S. The first-order valence-electron chi connectivity index (χ1n) is 7.32. The zero-order valence-corrected chi connectivity index (χ0v) is 15.8. The molecule has 1 heterocycles. The number of carbonyl (C=O) groups is 2. The number of anilines is 1. The van der Waals surface area contributed by atoms with Crippen molar-refractivity contribution >= 4 is 52.5 Å². The number of amides is 2. The molecule has 0 aromatic heterocycles. The molecular weight excluding hydrogens is 416 g/mol. The monoisotopic (exact) mass is 430 g/mol. The highest BCUT2D eigenvalue weighted by molar-refractivity contribution is 8.01. The number of thioether (sulfide) groups is 1. The summed E-state index contributed by atoms with van der Waals surface area (Å²) in [6, 6.07) is 4.98. The van der Waals surface area contributed by atoms with E-state index in [0.717, 1.165) is 23.9 Å². The molecule has 2 amide bonds. The molecule has 1 aliphatic heterocycles. The largest absolute Gasteiger partial charge is 0.573 e. The van der Waals surface area contributed by atoms with Crippen LogP contribution >= 0.6 is 35.0 Å². The van der Waals surface area contributed by atoms with Crippen molar-refractivity contribution in [2.75, 3.05) is 22.4 Å². The predicted octanol–water partition coefficient (Wildman–Crippen LogP) is 3.55. The van der Waals surface area contributed by atoms with Crippen LogP contribution in [0.15, 0.2) is 24.3 Å². The third-order valence-electron chi connectivity index (χ3n) is 3.59. The minimum Gasteiger partial charge on any atom is -0.406 e. The SMILES string of the molecule is CC(CCl)(CCl)C(=O)NC1SCC(=O)N1c1cccc(OC(F)(F)F)c1. The number of rotatable bonds is 6. The van der Waals surface area contributed by atoms with E-state index in [1.807, 2.05) is 0 Å². The first-order valence-corrected chi connectivity index (χ1v) is 9.44. The molecule has 0 radical (unpaired) electrons. The van der Waals surface area contributed by atoms with Gasteiger partial charge in [-0.25, -0.2) is 0 Å². The Morgan fingerprint density at radius 3 is 2.62 bits per heavy atom. The summed E-state index contributed by atoms with van der Waals surface area (Å²) in [5.74, 6) is -1.26. The van der Waals surface area contributed by atoms with Crippen LogP contribution in [-0.4, -0.2) is 41.2 Å². The lowest BCUT2D eigenvalue weighted by Crippen LogP contribution is -2.50. The van der Waals surface area contributed by atoms with Gasteiger partial charge in [-0.2, -0.15) is 0 Å². The molecule has 1 aromatic rings. The van der Waals surface area contributed by atoms with E-state index in [0.29, 0.717) is 0 Å². The first-order chi connectivity index (χ1) is 12.1. The standard InChI is InChI=1S/C15H15Cl2F3N2O3S/c1-14(7-16,8-17)12(24)21-13-22(11(23)6-26-13)9-3-2-4-10(5-9)25-15(18,19)20/h2-5,13H,6-8H2,1H3,(H,21,24). The maximum absolute atomic E-state index is 12.4. The number of nitrogens with one attached hydrogen (secondary N) is 1. The molecule has 2 rings (SSSR count). The highest BCUT2D eigenvalue weighted by atomic mass is 35.5. The van der Waals surface area contributed by atoms with Crippen LogP contribution in [0.4, 0.5) is 18.9 Å². The molecule has 1 atom stereocenters. The molecule has 1 aromatic carbocycles. The van der Waals surface area contributed by atoms with Crippen LogP contribution in [-0.2, 0) is 9.59 Å². The molecule has 144 valence electrons. The van der Waals surface area contributed by atoms with E-state index >= 15 is 0 Å². The molecule has 1 unspecified atom stereocenters. The van der Waals surface area contributed by atoms with Crippen molar-refractivity contribution in [2.45, 2.75) is 18.8 Å². The summed E-state index contributed by atoms with van der Waals surface area (Å²) in [6.45, 7) is 1.58. The number of hydrogen-bond donors (Lipinski definition) is 1. The number of carbonyl (C=O) groups excluding carboxylic acids is 2. The fourth-order valence-corrected chi connectivity index (χ4v) is 3.63. The van der Waals surface area contributed by atoms with Crippen LogP contribution in [0.5, 0.6) is 5.75 Å². The fraction of sp³-hybridized carbons (Fsp3) is 0.467. The van der Waals surface area contributed by atoms with Gasteiger partial charge in [0.05, 0.1) is 16.9 Å². The van der Waals surface area contributed by atoms with E-state index in [1.165, 1.54) is 17.0 Å². The number of alkyl halides is 5. The van der Waals surface area contributed by atoms with Crippen LogP contribution in [0.25, 0.3) is 0 Å². The lowest BCUT2D eigenvalue weighted by atomic mass is 9.95. The minimum absolute atomic E-state index is 0.0252. The highest BCUT2D eigenvalue weighted by Gasteiger charge is 2.39. The van der Waals surface area contributed by atoms with Gasteiger partial charge in [-0.15, -0.1) is 48.1 Å². The fourth-order valence-electron chi connectivity index (χ4n) is 2.08. The molecule has 0 aliphatic carbocycles. The Kier molecular flexibility index (Phi) is 6.57. The Hall–Kier alpha value is -1.32. The van der Waals surface area contributed by atoms with Crippen molar-refractivity contribution in [1.29, 1.82) is 0 Å². The quantitative estimate of drug-likeness (QED) is 0.701. The molecule has 26 heavy (non-hydrogen) atoms. The molecule has 5 nitrogen and oxygen atoms in total. The van der Waals surface area contributed by atoms with Crippen LogP contribution in [0.3, 0.4) is 0 Å². The van der Waals surface area contributed by atoms with Crippen molar-refractivity contribution in [2.24, 2.45) is 5.41 Å². The van der Waals surface area contributed by atoms with Gasteiger partial charge < -0.3 is 10.1 Å². The molecule has 1 saturated heterocycles. The third-order valence-corrected chi connectivity index (χ3v) is 5.83. The summed E-state index contributed by atoms with van der Waals surface area (Å²) < 4.78 is 41.1. The molecule has 1 aliphatic rings. The first kappa shape index (κ1) is 21.0. The molecule has 0 saturated carbocycles. The number of ether oxygens (including phenoxy) is 1. The average Bonchev–Trinajstić information content (AvgIpc) is 2.93. The van der Waals surface area contributed by atoms with E-state index in [9.17, 15) is 22.8 Å². The zero-order chi connectivity index (χ0) is 19.5. The molecule has 0 spiro atoms. The van der Waals surface area contributed by atoms with E-state index < -0.39 is 28.9 Å². The van der Waals surface area contributed by atoms with Crippen LogP contribution in [0.2, 0.25) is 0 Å². The number of halogens is 5. The van der Waals surface area contributed by atoms with Gasteiger partial charge in [-0.3, -0.25) is 14.5 Å². The normalized spacial score (nSPS) is 18.2. The Morgan fingerprint density at radius 2 is 2.04 bits per heavy atom. The van der Waals surface area contributed by atoms with Gasteiger partial charge in [-0.1, -0.05) is 6.07 Å². The van der Waals surface area contributed by atoms with Gasteiger partial charge >= 0.3 is 6.36 Å². The predicted molar refractivity (Wildman–Crippen MR) is 94.5 cm³/mol. The van der Waals surface area contributed by atoms with Gasteiger partial charge in [0, 0.05) is 17.8 Å². The van der Waals surface area contributed by atoms with Crippen LogP contribution in [0.1, 0.15) is 6.92 Å². The van der Waals surface area contributed by atoms with Gasteiger partial charge in [0.1, 0.15) is 5.75 Å². The lowest BCUT2D eigenvalue weighted by Gasteiger charge is -2.29. The van der Waals surface area contributed by atoms with E-state index in [1.54, 1.807) is 6.92 Å². The van der Waals surface area contributed by atoms with E-state index in [-0.39, 0.29) is 29.1 Å². The maximum atomic E-state index is 12.4. The average molecular weight is 431 g/mol. The summed E-state index contributed by atoms with van der Waals surface area (Å²) >= 11 is 12.7. The van der Waals surface area contributed by atoms with Crippen molar-refractivity contribution in [3.05, 3.63) is 24.3 Å². The van der Waals surface area contributed by atoms with E-state index in [2.05, 4.69) is 10.1 Å². The molecule has 1 fully saturated rings. The van der Waals surface area contributed by atoms with Gasteiger partial charge in [0.25, 0.3) is 0 Å². The number of nitrogens with zero attached hydrogens (tertiary/aromatic N) is 1. The van der Waals surface area contributed by atoms with Crippen molar-refractivity contribution < 1.29 is 27.5 Å². The maximum Gasteiger partial charge on any atom is 0.573 e. The van der Waals surface area contributed by atoms with Gasteiger partial charge in [0.15, 0.2) is 5.50 Å². The van der Waals surface area contributed by atoms with Crippen LogP contribution < -0.4 is 15.0 Å². The Morgan fingerprint density at radius 1 is 1.38 bits per heavy atom. The zero-order valence-electron chi connectivity index (χ0n) is 13.5. The van der Waals surface area contributed by atoms with Crippen molar-refractivity contribution in [1.82, 2.24) is 5.32 Å². The summed E-state index contributed by atoms with van der Waals surface area (Å²) in [7, 11) is 0. The van der Waals surface area contributed by atoms with Crippen molar-refractivity contribution in [3.8, 4) is 5.75 Å². The topological polar surface area (TPSA) is 58.6 Å². The third kappa shape index (κ3) is 4.89. The smallest absolute Gasteiger partial charge is 0.406 e. The lowest BCUT2D eigenvalue weighted by molar-refractivity contribution is -0.274. The van der Waals surface area contributed by atoms with Crippen LogP contribution in [0, 0.1) is 5.41 Å². The second-order valence-electron chi connectivity index (χ2n) is 5.77. The number of benzene rings is 1. The molecule has 0 bridgehead atoms. The summed E-state index contributed by atoms with van der Waals surface area (Å²) in [6.07, 6.45) is -4.85.